The van der Waals surface area contributed by atoms with E-state index in [0.29, 0.717) is 11.1 Å². The Morgan fingerprint density at radius 3 is 2.75 bits per heavy atom. The molecule has 5 heteroatoms. The van der Waals surface area contributed by atoms with Crippen LogP contribution in [-0.2, 0) is 0 Å². The van der Waals surface area contributed by atoms with Gasteiger partial charge in [-0.25, -0.2) is 4.98 Å². The molecule has 0 atom stereocenters. The first-order valence-electron chi connectivity index (χ1n) is 6.75. The number of nitrogens with zero attached hydrogens (tertiary/aromatic N) is 2. The number of hydrogen-bond donors (Lipinski definition) is 1. The minimum atomic E-state index is 0.551. The molecule has 0 aliphatic heterocycles. The lowest BCUT2D eigenvalue weighted by atomic mass is 10.2. The minimum Gasteiger partial charge on any atom is -0.495 e. The number of aryl methyl sites for hydroxylation is 2. The van der Waals surface area contributed by atoms with Crippen molar-refractivity contribution in [1.29, 1.82) is 0 Å². The van der Waals surface area contributed by atoms with E-state index < -0.39 is 0 Å². The van der Waals surface area contributed by atoms with E-state index in [2.05, 4.69) is 10.3 Å². The van der Waals surface area contributed by atoms with Crippen LogP contribution in [0.4, 0.5) is 5.95 Å². The van der Waals surface area contributed by atoms with E-state index in [-0.39, 0.29) is 0 Å². The highest BCUT2D eigenvalue weighted by atomic mass is 35.5. The van der Waals surface area contributed by atoms with Crippen LogP contribution >= 0.6 is 11.6 Å². The molecule has 3 rings (SSSR count). The molecule has 1 fully saturated rings. The first-order chi connectivity index (χ1) is 9.58. The first-order valence-corrected chi connectivity index (χ1v) is 7.13. The van der Waals surface area contributed by atoms with Gasteiger partial charge >= 0.3 is 0 Å². The Bertz CT molecular complexity index is 647. The first kappa shape index (κ1) is 13.3. The van der Waals surface area contributed by atoms with Crippen LogP contribution in [0.25, 0.3) is 5.69 Å². The lowest BCUT2D eigenvalue weighted by Gasteiger charge is -2.14. The Hall–Kier alpha value is -1.68. The zero-order chi connectivity index (χ0) is 14.3. The fourth-order valence-corrected chi connectivity index (χ4v) is 2.35. The van der Waals surface area contributed by atoms with Gasteiger partial charge in [-0.2, -0.15) is 0 Å². The predicted octanol–water partition coefficient (Wildman–Crippen LogP) is 3.73. The van der Waals surface area contributed by atoms with Gasteiger partial charge in [0, 0.05) is 23.3 Å². The Labute approximate surface area is 123 Å². The van der Waals surface area contributed by atoms with E-state index in [1.54, 1.807) is 7.11 Å². The maximum atomic E-state index is 6.17. The highest BCUT2D eigenvalue weighted by Gasteiger charge is 2.24. The molecular formula is C15H18ClN3O. The third-order valence-electron chi connectivity index (χ3n) is 3.46. The van der Waals surface area contributed by atoms with Crippen molar-refractivity contribution in [1.82, 2.24) is 9.55 Å². The van der Waals surface area contributed by atoms with E-state index in [1.807, 2.05) is 36.7 Å². The average Bonchev–Trinajstić information content (AvgIpc) is 3.15. The number of hydrogen-bond acceptors (Lipinski definition) is 3. The van der Waals surface area contributed by atoms with Gasteiger partial charge in [0.1, 0.15) is 5.75 Å². The number of methoxy groups -OCH3 is 1. The zero-order valence-corrected chi connectivity index (χ0v) is 12.7. The normalized spacial score (nSPS) is 14.4. The lowest BCUT2D eigenvalue weighted by Crippen LogP contribution is -2.08. The fourth-order valence-electron chi connectivity index (χ4n) is 2.19. The van der Waals surface area contributed by atoms with E-state index in [9.17, 15) is 0 Å². The molecule has 106 valence electrons. The number of aromatic nitrogens is 2. The minimum absolute atomic E-state index is 0.551. The van der Waals surface area contributed by atoms with Crippen LogP contribution in [0.1, 0.15) is 24.1 Å². The van der Waals surface area contributed by atoms with Crippen LogP contribution in [-0.4, -0.2) is 22.7 Å². The third-order valence-corrected chi connectivity index (χ3v) is 3.86. The van der Waals surface area contributed by atoms with Gasteiger partial charge in [-0.1, -0.05) is 11.6 Å². The van der Waals surface area contributed by atoms with Gasteiger partial charge in [0.15, 0.2) is 0 Å². The maximum absolute atomic E-state index is 6.17. The van der Waals surface area contributed by atoms with Gasteiger partial charge in [-0.05, 0) is 38.3 Å². The lowest BCUT2D eigenvalue weighted by molar-refractivity contribution is 0.413. The van der Waals surface area contributed by atoms with Crippen LogP contribution in [0.2, 0.25) is 5.02 Å². The maximum Gasteiger partial charge on any atom is 0.208 e. The number of anilines is 1. The van der Waals surface area contributed by atoms with Crippen LogP contribution in [0.3, 0.4) is 0 Å². The second-order valence-corrected chi connectivity index (χ2v) is 5.67. The van der Waals surface area contributed by atoms with Gasteiger partial charge in [0.05, 0.1) is 18.5 Å². The summed E-state index contributed by atoms with van der Waals surface area (Å²) in [4.78, 5) is 4.56. The zero-order valence-electron chi connectivity index (χ0n) is 11.9. The molecule has 1 aliphatic carbocycles. The number of nitrogens with one attached hydrogen (secondary N) is 1. The number of ether oxygens (including phenoxy) is 1. The van der Waals surface area contributed by atoms with E-state index in [1.165, 1.54) is 12.8 Å². The molecule has 20 heavy (non-hydrogen) atoms. The molecule has 0 amide bonds. The second kappa shape index (κ2) is 5.02. The number of rotatable bonds is 4. The summed E-state index contributed by atoms with van der Waals surface area (Å²) in [5.41, 5.74) is 2.95. The molecule has 1 N–H and O–H groups in total. The second-order valence-electron chi connectivity index (χ2n) is 5.27. The third kappa shape index (κ3) is 2.48. The standard InChI is InChI=1S/C15H18ClN3O/c1-9-6-13(14(20-3)7-12(9)16)19-8-10(2)17-15(19)18-11-4-5-11/h6-8,11H,4-5H2,1-3H3,(H,17,18). The summed E-state index contributed by atoms with van der Waals surface area (Å²) in [7, 11) is 1.66. The molecule has 0 spiro atoms. The van der Waals surface area contributed by atoms with Crippen LogP contribution < -0.4 is 10.1 Å². The van der Waals surface area contributed by atoms with Crippen LogP contribution in [0.5, 0.6) is 5.75 Å². The fraction of sp³-hybridized carbons (Fsp3) is 0.400. The molecular weight excluding hydrogens is 274 g/mol. The van der Waals surface area contributed by atoms with E-state index in [4.69, 9.17) is 16.3 Å². The number of benzene rings is 1. The summed E-state index contributed by atoms with van der Waals surface area (Å²) in [5.74, 6) is 1.61. The molecule has 0 saturated heterocycles. The summed E-state index contributed by atoms with van der Waals surface area (Å²) in [5, 5.41) is 4.16. The molecule has 1 aromatic carbocycles. The monoisotopic (exact) mass is 291 g/mol. The Balaban J connectivity index is 2.09. The Morgan fingerprint density at radius 1 is 1.35 bits per heavy atom. The SMILES string of the molecule is COc1cc(Cl)c(C)cc1-n1cc(C)nc1NC1CC1. The van der Waals surface area contributed by atoms with Crippen molar-refractivity contribution in [3.8, 4) is 11.4 Å². The molecule has 1 aromatic heterocycles. The summed E-state index contributed by atoms with van der Waals surface area (Å²) < 4.78 is 7.50. The highest BCUT2D eigenvalue weighted by molar-refractivity contribution is 6.31. The molecule has 0 bridgehead atoms. The van der Waals surface area contributed by atoms with Crippen molar-refractivity contribution >= 4 is 17.5 Å². The summed E-state index contributed by atoms with van der Waals surface area (Å²) in [6.07, 6.45) is 4.43. The van der Waals surface area contributed by atoms with Crippen molar-refractivity contribution in [2.24, 2.45) is 0 Å². The molecule has 0 unspecified atom stereocenters. The van der Waals surface area contributed by atoms with Crippen molar-refractivity contribution in [2.75, 3.05) is 12.4 Å². The van der Waals surface area contributed by atoms with Gasteiger partial charge in [0.25, 0.3) is 0 Å². The average molecular weight is 292 g/mol. The van der Waals surface area contributed by atoms with Gasteiger partial charge < -0.3 is 10.1 Å². The van der Waals surface area contributed by atoms with Gasteiger partial charge in [-0.3, -0.25) is 4.57 Å². The number of halogens is 1. The van der Waals surface area contributed by atoms with Crippen molar-refractivity contribution in [2.45, 2.75) is 32.7 Å². The molecule has 0 radical (unpaired) electrons. The van der Waals surface area contributed by atoms with E-state index >= 15 is 0 Å². The van der Waals surface area contributed by atoms with Crippen LogP contribution in [0, 0.1) is 13.8 Å². The molecule has 1 aliphatic rings. The van der Waals surface area contributed by atoms with Gasteiger partial charge in [0.2, 0.25) is 5.95 Å². The Morgan fingerprint density at radius 2 is 2.10 bits per heavy atom. The summed E-state index contributed by atoms with van der Waals surface area (Å²) >= 11 is 6.17. The van der Waals surface area contributed by atoms with E-state index in [0.717, 1.165) is 28.6 Å². The smallest absolute Gasteiger partial charge is 0.208 e. The Kier molecular flexibility index (Phi) is 3.34. The molecule has 2 aromatic rings. The van der Waals surface area contributed by atoms with Crippen molar-refractivity contribution < 1.29 is 4.74 Å². The summed E-state index contributed by atoms with van der Waals surface area (Å²) in [6.45, 7) is 3.98. The molecule has 1 saturated carbocycles. The summed E-state index contributed by atoms with van der Waals surface area (Å²) in [6, 6.07) is 4.43. The highest BCUT2D eigenvalue weighted by Crippen LogP contribution is 2.33. The van der Waals surface area contributed by atoms with Crippen LogP contribution in [0.15, 0.2) is 18.3 Å². The molecule has 4 nitrogen and oxygen atoms in total. The molecule has 1 heterocycles. The predicted molar refractivity (Wildman–Crippen MR) is 81.2 cm³/mol. The quantitative estimate of drug-likeness (QED) is 0.933. The van der Waals surface area contributed by atoms with Crippen molar-refractivity contribution in [3.05, 3.63) is 34.6 Å². The largest absolute Gasteiger partial charge is 0.495 e. The number of imidazole rings is 1. The van der Waals surface area contributed by atoms with Gasteiger partial charge in [-0.15, -0.1) is 0 Å². The topological polar surface area (TPSA) is 39.1 Å². The van der Waals surface area contributed by atoms with Crippen molar-refractivity contribution in [3.63, 3.8) is 0 Å².